The van der Waals surface area contributed by atoms with Crippen molar-refractivity contribution < 1.29 is 14.6 Å². The second-order valence-corrected chi connectivity index (χ2v) is 4.30. The van der Waals surface area contributed by atoms with Crippen molar-refractivity contribution in [3.63, 3.8) is 0 Å². The Hall–Kier alpha value is -2.29. The van der Waals surface area contributed by atoms with Gasteiger partial charge in [-0.3, -0.25) is 4.79 Å². The van der Waals surface area contributed by atoms with Gasteiger partial charge in [0, 0.05) is 6.42 Å². The van der Waals surface area contributed by atoms with Gasteiger partial charge in [-0.2, -0.15) is 0 Å². The van der Waals surface area contributed by atoms with Crippen LogP contribution in [-0.2, 0) is 6.42 Å². The van der Waals surface area contributed by atoms with E-state index in [1.54, 1.807) is 30.3 Å². The molecule has 0 spiro atoms. The van der Waals surface area contributed by atoms with Crippen LogP contribution in [0.5, 0.6) is 11.5 Å². The molecule has 0 fully saturated rings. The highest BCUT2D eigenvalue weighted by molar-refractivity contribution is 6.04. The topological polar surface area (TPSA) is 46.5 Å². The molecule has 18 heavy (non-hydrogen) atoms. The zero-order chi connectivity index (χ0) is 12.5. The van der Waals surface area contributed by atoms with E-state index in [-0.39, 0.29) is 11.5 Å². The molecule has 0 saturated carbocycles. The first-order valence-corrected chi connectivity index (χ1v) is 5.82. The fraction of sp³-hybridized carbons (Fsp3) is 0.133. The number of rotatable bonds is 2. The molecular weight excluding hydrogens is 228 g/mol. The van der Waals surface area contributed by atoms with Crippen molar-refractivity contribution in [2.75, 3.05) is 0 Å². The normalized spacial score (nSPS) is 17.3. The number of fused-ring (bicyclic) bond motifs is 1. The largest absolute Gasteiger partial charge is 0.508 e. The lowest BCUT2D eigenvalue weighted by molar-refractivity contribution is 0.0857. The zero-order valence-electron chi connectivity index (χ0n) is 9.67. The minimum Gasteiger partial charge on any atom is -0.508 e. The van der Waals surface area contributed by atoms with E-state index in [1.807, 2.05) is 18.2 Å². The first kappa shape index (κ1) is 10.8. The monoisotopic (exact) mass is 240 g/mol. The number of carbonyl (C=O) groups is 1. The summed E-state index contributed by atoms with van der Waals surface area (Å²) in [5.74, 6) is 0.807. The third-order valence-corrected chi connectivity index (χ3v) is 3.11. The Morgan fingerprint density at radius 1 is 1.06 bits per heavy atom. The molecule has 1 aliphatic heterocycles. The van der Waals surface area contributed by atoms with Crippen molar-refractivity contribution in [3.8, 4) is 11.5 Å². The number of phenols is 1. The molecule has 0 bridgehead atoms. The summed E-state index contributed by atoms with van der Waals surface area (Å²) >= 11 is 0. The van der Waals surface area contributed by atoms with E-state index in [0.717, 1.165) is 5.56 Å². The van der Waals surface area contributed by atoms with Crippen LogP contribution < -0.4 is 4.74 Å². The van der Waals surface area contributed by atoms with E-state index in [2.05, 4.69) is 0 Å². The number of hydrogen-bond donors (Lipinski definition) is 1. The average Bonchev–Trinajstić information content (AvgIpc) is 2.70. The number of para-hydroxylation sites is 2. The van der Waals surface area contributed by atoms with Gasteiger partial charge in [0.15, 0.2) is 6.10 Å². The SMILES string of the molecule is O=C1c2ccccc2OC1Cc1ccccc1O. The summed E-state index contributed by atoms with van der Waals surface area (Å²) < 4.78 is 5.62. The Kier molecular flexibility index (Phi) is 2.52. The maximum absolute atomic E-state index is 12.1. The van der Waals surface area contributed by atoms with Gasteiger partial charge in [0.05, 0.1) is 5.56 Å². The molecule has 0 radical (unpaired) electrons. The van der Waals surface area contributed by atoms with Gasteiger partial charge in [-0.05, 0) is 23.8 Å². The number of benzene rings is 2. The molecule has 0 aromatic heterocycles. The van der Waals surface area contributed by atoms with Gasteiger partial charge in [-0.25, -0.2) is 0 Å². The fourth-order valence-electron chi connectivity index (χ4n) is 2.17. The van der Waals surface area contributed by atoms with E-state index >= 15 is 0 Å². The molecule has 90 valence electrons. The predicted octanol–water partition coefficient (Wildman–Crippen LogP) is 2.58. The van der Waals surface area contributed by atoms with Gasteiger partial charge in [0.2, 0.25) is 5.78 Å². The number of hydrogen-bond acceptors (Lipinski definition) is 3. The summed E-state index contributed by atoms with van der Waals surface area (Å²) in [5, 5.41) is 9.71. The van der Waals surface area contributed by atoms with Gasteiger partial charge >= 0.3 is 0 Å². The summed E-state index contributed by atoms with van der Waals surface area (Å²) in [4.78, 5) is 12.1. The van der Waals surface area contributed by atoms with Crippen molar-refractivity contribution >= 4 is 5.78 Å². The Labute approximate surface area is 105 Å². The van der Waals surface area contributed by atoms with Gasteiger partial charge in [0.25, 0.3) is 0 Å². The second kappa shape index (κ2) is 4.18. The smallest absolute Gasteiger partial charge is 0.207 e. The summed E-state index contributed by atoms with van der Waals surface area (Å²) in [6, 6.07) is 14.2. The van der Waals surface area contributed by atoms with E-state index in [1.165, 1.54) is 0 Å². The summed E-state index contributed by atoms with van der Waals surface area (Å²) in [5.41, 5.74) is 1.35. The van der Waals surface area contributed by atoms with E-state index in [0.29, 0.717) is 17.7 Å². The second-order valence-electron chi connectivity index (χ2n) is 4.30. The van der Waals surface area contributed by atoms with Crippen LogP contribution in [0.3, 0.4) is 0 Å². The molecule has 0 aliphatic carbocycles. The number of ether oxygens (including phenoxy) is 1. The van der Waals surface area contributed by atoms with Crippen molar-refractivity contribution in [1.29, 1.82) is 0 Å². The molecule has 3 rings (SSSR count). The third kappa shape index (κ3) is 1.74. The standard InChI is InChI=1S/C15H12O3/c16-12-7-3-1-5-10(12)9-14-15(17)11-6-2-4-8-13(11)18-14/h1-8,14,16H,9H2. The van der Waals surface area contributed by atoms with E-state index < -0.39 is 6.10 Å². The van der Waals surface area contributed by atoms with Gasteiger partial charge in [-0.1, -0.05) is 30.3 Å². The Balaban J connectivity index is 1.86. The first-order chi connectivity index (χ1) is 8.75. The molecule has 1 atom stereocenters. The van der Waals surface area contributed by atoms with Crippen LogP contribution in [0.2, 0.25) is 0 Å². The highest BCUT2D eigenvalue weighted by Gasteiger charge is 2.32. The van der Waals surface area contributed by atoms with Crippen molar-refractivity contribution in [2.24, 2.45) is 0 Å². The quantitative estimate of drug-likeness (QED) is 0.877. The number of ketones is 1. The van der Waals surface area contributed by atoms with Gasteiger partial charge in [0.1, 0.15) is 11.5 Å². The molecule has 1 unspecified atom stereocenters. The van der Waals surface area contributed by atoms with Crippen LogP contribution in [0, 0.1) is 0 Å². The summed E-state index contributed by atoms with van der Waals surface area (Å²) in [6.07, 6.45) is -0.143. The number of phenolic OH excluding ortho intramolecular Hbond substituents is 1. The summed E-state index contributed by atoms with van der Waals surface area (Å²) in [6.45, 7) is 0. The molecule has 1 heterocycles. The molecule has 0 saturated heterocycles. The average molecular weight is 240 g/mol. The molecule has 1 N–H and O–H groups in total. The molecule has 3 heteroatoms. The Morgan fingerprint density at radius 2 is 1.78 bits per heavy atom. The van der Waals surface area contributed by atoms with E-state index in [9.17, 15) is 9.90 Å². The van der Waals surface area contributed by atoms with Crippen LogP contribution >= 0.6 is 0 Å². The molecule has 2 aromatic rings. The number of carbonyl (C=O) groups excluding carboxylic acids is 1. The fourth-order valence-corrected chi connectivity index (χ4v) is 2.17. The van der Waals surface area contributed by atoms with E-state index in [4.69, 9.17) is 4.74 Å². The van der Waals surface area contributed by atoms with Crippen LogP contribution in [0.4, 0.5) is 0 Å². The van der Waals surface area contributed by atoms with Gasteiger partial charge < -0.3 is 9.84 Å². The maximum atomic E-state index is 12.1. The highest BCUT2D eigenvalue weighted by atomic mass is 16.5. The van der Waals surface area contributed by atoms with Crippen LogP contribution in [-0.4, -0.2) is 17.0 Å². The Bertz CT molecular complexity index is 604. The first-order valence-electron chi connectivity index (χ1n) is 5.82. The minimum absolute atomic E-state index is 0.0196. The maximum Gasteiger partial charge on any atom is 0.207 e. The van der Waals surface area contributed by atoms with Crippen molar-refractivity contribution in [3.05, 3.63) is 59.7 Å². The number of aromatic hydroxyl groups is 1. The lowest BCUT2D eigenvalue weighted by atomic mass is 10.0. The molecule has 2 aromatic carbocycles. The molecule has 3 nitrogen and oxygen atoms in total. The summed E-state index contributed by atoms with van der Waals surface area (Å²) in [7, 11) is 0. The Morgan fingerprint density at radius 3 is 2.56 bits per heavy atom. The van der Waals surface area contributed by atoms with Gasteiger partial charge in [-0.15, -0.1) is 0 Å². The minimum atomic E-state index is -0.532. The van der Waals surface area contributed by atoms with Crippen LogP contribution in [0.1, 0.15) is 15.9 Å². The molecule has 0 amide bonds. The third-order valence-electron chi connectivity index (χ3n) is 3.11. The lowest BCUT2D eigenvalue weighted by Crippen LogP contribution is -2.23. The van der Waals surface area contributed by atoms with Crippen LogP contribution in [0.25, 0.3) is 0 Å². The zero-order valence-corrected chi connectivity index (χ0v) is 9.67. The molecule has 1 aliphatic rings. The van der Waals surface area contributed by atoms with Crippen LogP contribution in [0.15, 0.2) is 48.5 Å². The predicted molar refractivity (Wildman–Crippen MR) is 67.0 cm³/mol. The lowest BCUT2D eigenvalue weighted by Gasteiger charge is -2.10. The van der Waals surface area contributed by atoms with Crippen molar-refractivity contribution in [1.82, 2.24) is 0 Å². The van der Waals surface area contributed by atoms with Crippen molar-refractivity contribution in [2.45, 2.75) is 12.5 Å². The molecular formula is C15H12O3. The highest BCUT2D eigenvalue weighted by Crippen LogP contribution is 2.30. The number of Topliss-reactive ketones (excluding diaryl/α,β-unsaturated/α-hetero) is 1.